The van der Waals surface area contributed by atoms with Gasteiger partial charge in [0.2, 0.25) is 0 Å². The average Bonchev–Trinajstić information content (AvgIpc) is 2.14. The van der Waals surface area contributed by atoms with Gasteiger partial charge in [-0.2, -0.15) is 0 Å². The molecule has 0 saturated heterocycles. The lowest BCUT2D eigenvalue weighted by atomic mass is 10.0. The average molecular weight is 188 g/mol. The van der Waals surface area contributed by atoms with Crippen molar-refractivity contribution >= 4 is 9.04 Å². The van der Waals surface area contributed by atoms with Crippen molar-refractivity contribution in [3.05, 3.63) is 0 Å². The van der Waals surface area contributed by atoms with Crippen molar-refractivity contribution in [3.63, 3.8) is 0 Å². The molecule has 0 bridgehead atoms. The Labute approximate surface area is 79.2 Å². The molecule has 0 radical (unpaired) electrons. The van der Waals surface area contributed by atoms with Gasteiger partial charge in [-0.15, -0.1) is 0 Å². The van der Waals surface area contributed by atoms with Crippen LogP contribution in [0.15, 0.2) is 0 Å². The van der Waals surface area contributed by atoms with Gasteiger partial charge in [-0.1, -0.05) is 27.7 Å². The second kappa shape index (κ2) is 5.76. The summed E-state index contributed by atoms with van der Waals surface area (Å²) in [5.74, 6) is 0. The summed E-state index contributed by atoms with van der Waals surface area (Å²) in [7, 11) is -0.852. The van der Waals surface area contributed by atoms with Crippen LogP contribution in [0.3, 0.4) is 0 Å². The highest BCUT2D eigenvalue weighted by Gasteiger charge is 2.23. The highest BCUT2D eigenvalue weighted by Crippen LogP contribution is 2.22. The third-order valence-electron chi connectivity index (χ3n) is 2.86. The van der Waals surface area contributed by atoms with Crippen molar-refractivity contribution in [1.82, 2.24) is 0 Å². The van der Waals surface area contributed by atoms with Crippen molar-refractivity contribution in [2.75, 3.05) is 0 Å². The van der Waals surface area contributed by atoms with Gasteiger partial charge in [0.15, 0.2) is 9.04 Å². The molecule has 0 spiro atoms. The van der Waals surface area contributed by atoms with Crippen LogP contribution >= 0.6 is 0 Å². The maximum absolute atomic E-state index is 6.17. The van der Waals surface area contributed by atoms with Crippen LogP contribution in [-0.4, -0.2) is 14.6 Å². The van der Waals surface area contributed by atoms with Crippen molar-refractivity contribution in [1.29, 1.82) is 0 Å². The van der Waals surface area contributed by atoms with Crippen LogP contribution in [-0.2, 0) is 4.43 Å². The van der Waals surface area contributed by atoms with E-state index in [1.807, 2.05) is 0 Å². The van der Waals surface area contributed by atoms with Crippen LogP contribution in [0.25, 0.3) is 0 Å². The minimum atomic E-state index is -0.852. The van der Waals surface area contributed by atoms with Crippen molar-refractivity contribution in [2.45, 2.75) is 65.1 Å². The molecule has 0 aliphatic heterocycles. The molecule has 0 atom stereocenters. The molecule has 0 aromatic rings. The monoisotopic (exact) mass is 188 g/mol. The second-order valence-electron chi connectivity index (χ2n) is 3.71. The maximum Gasteiger partial charge on any atom is 0.177 e. The predicted octanol–water partition coefficient (Wildman–Crippen LogP) is 3.35. The van der Waals surface area contributed by atoms with Crippen molar-refractivity contribution in [3.8, 4) is 0 Å². The van der Waals surface area contributed by atoms with Gasteiger partial charge in [0.1, 0.15) is 0 Å². The first kappa shape index (κ1) is 12.2. The van der Waals surface area contributed by atoms with Crippen molar-refractivity contribution in [2.24, 2.45) is 0 Å². The third kappa shape index (κ3) is 3.72. The molecule has 1 nitrogen and oxygen atoms in total. The third-order valence-corrected chi connectivity index (χ3v) is 5.58. The Bertz CT molecular complexity index is 106. The van der Waals surface area contributed by atoms with E-state index in [9.17, 15) is 0 Å². The van der Waals surface area contributed by atoms with E-state index in [4.69, 9.17) is 4.43 Å². The molecular weight excluding hydrogens is 164 g/mol. The lowest BCUT2D eigenvalue weighted by Crippen LogP contribution is -2.34. The largest absolute Gasteiger partial charge is 0.415 e. The Morgan fingerprint density at radius 3 is 1.67 bits per heavy atom. The Kier molecular flexibility index (Phi) is 5.84. The summed E-state index contributed by atoms with van der Waals surface area (Å²) in [4.78, 5) is 0. The van der Waals surface area contributed by atoms with E-state index in [1.54, 1.807) is 0 Å². The fourth-order valence-corrected chi connectivity index (χ4v) is 3.32. The van der Waals surface area contributed by atoms with Gasteiger partial charge in [-0.25, -0.2) is 0 Å². The summed E-state index contributed by atoms with van der Waals surface area (Å²) in [6.45, 7) is 11.2. The first-order valence-corrected chi connectivity index (χ1v) is 7.40. The summed E-state index contributed by atoms with van der Waals surface area (Å²) in [6, 6.07) is 2.54. The van der Waals surface area contributed by atoms with Gasteiger partial charge >= 0.3 is 0 Å². The van der Waals surface area contributed by atoms with E-state index in [2.05, 4.69) is 34.6 Å². The molecule has 0 rings (SSSR count). The molecule has 12 heavy (non-hydrogen) atoms. The lowest BCUT2D eigenvalue weighted by Gasteiger charge is -2.31. The smallest absolute Gasteiger partial charge is 0.177 e. The highest BCUT2D eigenvalue weighted by molar-refractivity contribution is 6.51. The first-order chi connectivity index (χ1) is 5.61. The van der Waals surface area contributed by atoms with E-state index in [0.717, 1.165) is 12.8 Å². The van der Waals surface area contributed by atoms with E-state index in [0.29, 0.717) is 0 Å². The summed E-state index contributed by atoms with van der Waals surface area (Å²) in [6.07, 6.45) is 2.29. The lowest BCUT2D eigenvalue weighted by molar-refractivity contribution is 0.0771. The summed E-state index contributed by atoms with van der Waals surface area (Å²) in [5.41, 5.74) is 0.170. The van der Waals surface area contributed by atoms with Gasteiger partial charge in [0.25, 0.3) is 0 Å². The number of hydrogen-bond acceptors (Lipinski definition) is 1. The Morgan fingerprint density at radius 1 is 1.00 bits per heavy atom. The zero-order valence-electron chi connectivity index (χ0n) is 9.31. The molecule has 2 heteroatoms. The van der Waals surface area contributed by atoms with Gasteiger partial charge in [-0.05, 0) is 31.9 Å². The Hall–Kier alpha value is 0.177. The second-order valence-corrected chi connectivity index (χ2v) is 6.83. The number of hydrogen-bond donors (Lipinski definition) is 0. The predicted molar refractivity (Wildman–Crippen MR) is 58.2 cm³/mol. The molecule has 0 N–H and O–H groups in total. The zero-order valence-corrected chi connectivity index (χ0v) is 10.5. The first-order valence-electron chi connectivity index (χ1n) is 5.29. The SMILES string of the molecule is CC[SiH](CC)OC(C)(CC)CC. The summed E-state index contributed by atoms with van der Waals surface area (Å²) >= 11 is 0. The molecule has 74 valence electrons. The van der Waals surface area contributed by atoms with Gasteiger partial charge in [0, 0.05) is 0 Å². The fourth-order valence-electron chi connectivity index (χ4n) is 1.27. The fraction of sp³-hybridized carbons (Fsp3) is 1.00. The molecule has 0 aliphatic rings. The molecule has 0 amide bonds. The molecule has 0 saturated carbocycles. The van der Waals surface area contributed by atoms with Crippen LogP contribution < -0.4 is 0 Å². The quantitative estimate of drug-likeness (QED) is 0.581. The molecule has 0 aliphatic carbocycles. The van der Waals surface area contributed by atoms with Crippen molar-refractivity contribution < 1.29 is 4.43 Å². The normalized spacial score (nSPS) is 12.5. The minimum absolute atomic E-state index is 0.170. The molecule has 0 heterocycles. The van der Waals surface area contributed by atoms with Gasteiger partial charge in [0.05, 0.1) is 5.60 Å². The Balaban J connectivity index is 3.99. The molecule has 0 aromatic heterocycles. The van der Waals surface area contributed by atoms with Crippen LogP contribution in [0, 0.1) is 0 Å². The topological polar surface area (TPSA) is 9.23 Å². The van der Waals surface area contributed by atoms with Gasteiger partial charge in [-0.3, -0.25) is 0 Å². The van der Waals surface area contributed by atoms with Crippen LogP contribution in [0.5, 0.6) is 0 Å². The molecule has 0 aromatic carbocycles. The standard InChI is InChI=1S/C10H24OSi/c1-6-10(5,7-2)11-12(8-3)9-4/h12H,6-9H2,1-5H3. The maximum atomic E-state index is 6.17. The van der Waals surface area contributed by atoms with Crippen LogP contribution in [0.1, 0.15) is 47.5 Å². The zero-order chi connectivity index (χ0) is 9.61. The molecular formula is C10H24OSi. The van der Waals surface area contributed by atoms with Crippen LogP contribution in [0.4, 0.5) is 0 Å². The van der Waals surface area contributed by atoms with Gasteiger partial charge < -0.3 is 4.43 Å². The van der Waals surface area contributed by atoms with E-state index in [1.165, 1.54) is 12.1 Å². The van der Waals surface area contributed by atoms with E-state index < -0.39 is 9.04 Å². The molecule has 0 fully saturated rings. The highest BCUT2D eigenvalue weighted by atomic mass is 28.3. The van der Waals surface area contributed by atoms with Crippen LogP contribution in [0.2, 0.25) is 12.1 Å². The number of rotatable bonds is 6. The van der Waals surface area contributed by atoms with E-state index >= 15 is 0 Å². The summed E-state index contributed by atoms with van der Waals surface area (Å²) in [5, 5.41) is 0. The Morgan fingerprint density at radius 2 is 1.42 bits per heavy atom. The summed E-state index contributed by atoms with van der Waals surface area (Å²) < 4.78 is 6.17. The molecule has 0 unspecified atom stereocenters. The minimum Gasteiger partial charge on any atom is -0.415 e. The van der Waals surface area contributed by atoms with E-state index in [-0.39, 0.29) is 5.60 Å².